The van der Waals surface area contributed by atoms with E-state index in [9.17, 15) is 14.4 Å². The lowest BCUT2D eigenvalue weighted by Crippen LogP contribution is -2.30. The number of nitrogens with one attached hydrogen (secondary N) is 2. The second kappa shape index (κ2) is 10.1. The van der Waals surface area contributed by atoms with Gasteiger partial charge < -0.3 is 20.5 Å². The predicted octanol–water partition coefficient (Wildman–Crippen LogP) is 3.78. The monoisotopic (exact) mass is 450 g/mol. The van der Waals surface area contributed by atoms with E-state index in [4.69, 9.17) is 9.84 Å². The highest BCUT2D eigenvalue weighted by Crippen LogP contribution is 2.44. The summed E-state index contributed by atoms with van der Waals surface area (Å²) >= 11 is 0. The summed E-state index contributed by atoms with van der Waals surface area (Å²) in [6.45, 7) is 3.07. The Morgan fingerprint density at radius 3 is 2.27 bits per heavy atom. The molecule has 1 unspecified atom stereocenters. The van der Waals surface area contributed by atoms with Crippen LogP contribution in [0.25, 0.3) is 11.1 Å². The summed E-state index contributed by atoms with van der Waals surface area (Å²) in [6, 6.07) is 16.4. The number of carbonyl (C=O) groups is 3. The van der Waals surface area contributed by atoms with Crippen LogP contribution in [0.5, 0.6) is 0 Å². The summed E-state index contributed by atoms with van der Waals surface area (Å²) < 4.78 is 5.53. The summed E-state index contributed by atoms with van der Waals surface area (Å²) in [5, 5.41) is 14.5. The number of fused-ring (bicyclic) bond motifs is 3. The average Bonchev–Trinajstić information content (AvgIpc) is 3.52. The molecule has 0 aromatic heterocycles. The van der Waals surface area contributed by atoms with Gasteiger partial charge in [-0.2, -0.15) is 0 Å². The van der Waals surface area contributed by atoms with Gasteiger partial charge in [0.25, 0.3) is 0 Å². The van der Waals surface area contributed by atoms with Crippen molar-refractivity contribution in [2.75, 3.05) is 19.7 Å². The van der Waals surface area contributed by atoms with Gasteiger partial charge in [-0.15, -0.1) is 0 Å². The van der Waals surface area contributed by atoms with E-state index >= 15 is 0 Å². The van der Waals surface area contributed by atoms with Gasteiger partial charge in [0.1, 0.15) is 6.61 Å². The lowest BCUT2D eigenvalue weighted by atomic mass is 9.98. The Labute approximate surface area is 193 Å². The number of amides is 2. The Morgan fingerprint density at radius 1 is 1.03 bits per heavy atom. The van der Waals surface area contributed by atoms with E-state index in [1.54, 1.807) is 0 Å². The number of alkyl carbamates (subject to hydrolysis) is 1. The van der Waals surface area contributed by atoms with Crippen LogP contribution < -0.4 is 10.6 Å². The molecule has 0 bridgehead atoms. The molecule has 2 amide bonds. The van der Waals surface area contributed by atoms with Gasteiger partial charge in [-0.25, -0.2) is 4.79 Å². The topological polar surface area (TPSA) is 105 Å². The lowest BCUT2D eigenvalue weighted by molar-refractivity contribution is -0.139. The number of ether oxygens (including phenoxy) is 1. The molecular formula is C26H30N2O5. The quantitative estimate of drug-likeness (QED) is 0.511. The summed E-state index contributed by atoms with van der Waals surface area (Å²) in [6.07, 6.45) is 1.17. The second-order valence-corrected chi connectivity index (χ2v) is 9.09. The van der Waals surface area contributed by atoms with E-state index in [0.717, 1.165) is 0 Å². The Balaban J connectivity index is 1.15. The van der Waals surface area contributed by atoms with Crippen molar-refractivity contribution in [3.63, 3.8) is 0 Å². The van der Waals surface area contributed by atoms with Crippen molar-refractivity contribution >= 4 is 18.0 Å². The molecule has 2 aliphatic rings. The standard InChI is InChI=1S/C26H30N2O5/c1-16(12-24(29)28-14-17-13-22(17)25(30)31)10-11-27-26(32)33-15-23-20-8-4-2-6-18(20)19-7-3-5-9-21(19)23/h2-9,16-17,22-23H,10-15H2,1H3,(H,27,32)(H,28,29)(H,30,31)/t16?,17-,22-/m1/s1. The van der Waals surface area contributed by atoms with Crippen LogP contribution in [0, 0.1) is 17.8 Å². The van der Waals surface area contributed by atoms with Crippen molar-refractivity contribution < 1.29 is 24.2 Å². The van der Waals surface area contributed by atoms with Gasteiger partial charge in [-0.3, -0.25) is 9.59 Å². The Hall–Kier alpha value is -3.35. The van der Waals surface area contributed by atoms with Crippen molar-refractivity contribution in [3.8, 4) is 11.1 Å². The van der Waals surface area contributed by atoms with Crippen molar-refractivity contribution in [3.05, 3.63) is 59.7 Å². The second-order valence-electron chi connectivity index (χ2n) is 9.09. The Bertz CT molecular complexity index is 991. The van der Waals surface area contributed by atoms with Crippen LogP contribution in [0.15, 0.2) is 48.5 Å². The zero-order valence-electron chi connectivity index (χ0n) is 18.8. The van der Waals surface area contributed by atoms with Gasteiger partial charge in [-0.1, -0.05) is 55.5 Å². The van der Waals surface area contributed by atoms with Crippen LogP contribution in [-0.2, 0) is 14.3 Å². The van der Waals surface area contributed by atoms with Crippen LogP contribution in [0.3, 0.4) is 0 Å². The summed E-state index contributed by atoms with van der Waals surface area (Å²) in [5.74, 6) is -1.02. The molecule has 7 nitrogen and oxygen atoms in total. The first-order valence-electron chi connectivity index (χ1n) is 11.5. The van der Waals surface area contributed by atoms with E-state index in [2.05, 4.69) is 34.9 Å². The molecule has 2 aromatic rings. The molecule has 0 radical (unpaired) electrons. The fraction of sp³-hybridized carbons (Fsp3) is 0.423. The third-order valence-corrected chi connectivity index (χ3v) is 6.59. The van der Waals surface area contributed by atoms with Gasteiger partial charge in [0.05, 0.1) is 5.92 Å². The van der Waals surface area contributed by atoms with Gasteiger partial charge in [0.2, 0.25) is 5.91 Å². The molecule has 0 heterocycles. The van der Waals surface area contributed by atoms with E-state index in [-0.39, 0.29) is 36.2 Å². The fourth-order valence-electron chi connectivity index (χ4n) is 4.58. The van der Waals surface area contributed by atoms with Crippen LogP contribution in [0.1, 0.15) is 43.2 Å². The molecule has 2 aliphatic carbocycles. The number of carbonyl (C=O) groups excluding carboxylic acids is 2. The van der Waals surface area contributed by atoms with Crippen molar-refractivity contribution in [1.29, 1.82) is 0 Å². The number of aliphatic carboxylic acids is 1. The Morgan fingerprint density at radius 2 is 1.67 bits per heavy atom. The van der Waals surface area contributed by atoms with Crippen molar-refractivity contribution in [1.82, 2.24) is 10.6 Å². The first-order valence-corrected chi connectivity index (χ1v) is 11.5. The summed E-state index contributed by atoms with van der Waals surface area (Å²) in [4.78, 5) is 35.1. The van der Waals surface area contributed by atoms with Crippen LogP contribution in [0.2, 0.25) is 0 Å². The SMILES string of the molecule is CC(CCNC(=O)OCC1c2ccccc2-c2ccccc21)CC(=O)NC[C@H]1C[C@H]1C(=O)O. The minimum absolute atomic E-state index is 0.0259. The number of benzene rings is 2. The molecule has 7 heteroatoms. The molecule has 0 saturated heterocycles. The van der Waals surface area contributed by atoms with Gasteiger partial charge in [0.15, 0.2) is 0 Å². The largest absolute Gasteiger partial charge is 0.481 e. The number of hydrogen-bond acceptors (Lipinski definition) is 4. The Kier molecular flexibility index (Phi) is 6.96. The van der Waals surface area contributed by atoms with E-state index in [1.165, 1.54) is 22.3 Å². The first-order chi connectivity index (χ1) is 15.9. The molecule has 3 N–H and O–H groups in total. The number of rotatable bonds is 10. The molecule has 1 saturated carbocycles. The maximum Gasteiger partial charge on any atom is 0.407 e. The highest BCUT2D eigenvalue weighted by molar-refractivity contribution is 5.79. The third-order valence-electron chi connectivity index (χ3n) is 6.59. The van der Waals surface area contributed by atoms with E-state index < -0.39 is 12.1 Å². The van der Waals surface area contributed by atoms with Crippen LogP contribution in [0.4, 0.5) is 4.79 Å². The number of carboxylic acids is 1. The smallest absolute Gasteiger partial charge is 0.407 e. The molecule has 2 aromatic carbocycles. The fourth-order valence-corrected chi connectivity index (χ4v) is 4.58. The molecule has 3 atom stereocenters. The van der Waals surface area contributed by atoms with E-state index in [0.29, 0.717) is 32.4 Å². The zero-order chi connectivity index (χ0) is 23.4. The maximum absolute atomic E-state index is 12.2. The van der Waals surface area contributed by atoms with Crippen LogP contribution >= 0.6 is 0 Å². The highest BCUT2D eigenvalue weighted by Gasteiger charge is 2.43. The maximum atomic E-state index is 12.2. The van der Waals surface area contributed by atoms with Crippen molar-refractivity contribution in [2.45, 2.75) is 32.1 Å². The average molecular weight is 451 g/mol. The predicted molar refractivity (Wildman–Crippen MR) is 124 cm³/mol. The number of carboxylic acid groups (broad SMARTS) is 1. The lowest BCUT2D eigenvalue weighted by Gasteiger charge is -2.15. The zero-order valence-corrected chi connectivity index (χ0v) is 18.8. The first kappa shape index (κ1) is 22.8. The molecule has 33 heavy (non-hydrogen) atoms. The number of hydrogen-bond donors (Lipinski definition) is 3. The molecule has 174 valence electrons. The van der Waals surface area contributed by atoms with Gasteiger partial charge >= 0.3 is 12.1 Å². The highest BCUT2D eigenvalue weighted by atomic mass is 16.5. The minimum Gasteiger partial charge on any atom is -0.481 e. The minimum atomic E-state index is -0.790. The van der Waals surface area contributed by atoms with Crippen LogP contribution in [-0.4, -0.2) is 42.8 Å². The van der Waals surface area contributed by atoms with Gasteiger partial charge in [0, 0.05) is 25.4 Å². The molecular weight excluding hydrogens is 420 g/mol. The molecule has 0 spiro atoms. The van der Waals surface area contributed by atoms with Crippen molar-refractivity contribution in [2.24, 2.45) is 17.8 Å². The van der Waals surface area contributed by atoms with E-state index in [1.807, 2.05) is 31.2 Å². The molecule has 1 fully saturated rings. The third kappa shape index (κ3) is 5.53. The molecule has 0 aliphatic heterocycles. The molecule has 4 rings (SSSR count). The summed E-state index contributed by atoms with van der Waals surface area (Å²) in [7, 11) is 0. The summed E-state index contributed by atoms with van der Waals surface area (Å²) in [5.41, 5.74) is 4.72. The normalized spacial score (nSPS) is 19.2. The van der Waals surface area contributed by atoms with Gasteiger partial charge in [-0.05, 0) is 46.9 Å².